The first kappa shape index (κ1) is 40.9. The van der Waals surface area contributed by atoms with Crippen molar-refractivity contribution in [2.24, 2.45) is 17.4 Å². The van der Waals surface area contributed by atoms with Gasteiger partial charge in [-0.3, -0.25) is 24.0 Å². The second kappa shape index (κ2) is 20.2. The summed E-state index contributed by atoms with van der Waals surface area (Å²) < 4.78 is 5.89. The average Bonchev–Trinajstić information content (AvgIpc) is 2.95. The molecule has 0 radical (unpaired) electrons. The number of unbranched alkanes of at least 4 members (excludes halogenated alkanes) is 1. The van der Waals surface area contributed by atoms with Crippen molar-refractivity contribution in [3.05, 3.63) is 29.8 Å². The summed E-state index contributed by atoms with van der Waals surface area (Å²) in [5.41, 5.74) is 12.2. The summed E-state index contributed by atoms with van der Waals surface area (Å²) in [6.07, 6.45) is 2.00. The third kappa shape index (κ3) is 15.9. The number of hydrogen-bond acceptors (Lipinski definition) is 9. The highest BCUT2D eigenvalue weighted by Crippen LogP contribution is 2.19. The number of hydrogen-bond donors (Lipinski definition) is 6. The van der Waals surface area contributed by atoms with Crippen LogP contribution in [0.2, 0.25) is 0 Å². The Kier molecular flexibility index (Phi) is 17.9. The largest absolute Gasteiger partial charge is 0.488 e. The van der Waals surface area contributed by atoms with Crippen LogP contribution in [0.25, 0.3) is 0 Å². The van der Waals surface area contributed by atoms with Gasteiger partial charge in [0.15, 0.2) is 0 Å². The Hall–Kier alpha value is -3.16. The summed E-state index contributed by atoms with van der Waals surface area (Å²) in [5.74, 6) is -0.719. The van der Waals surface area contributed by atoms with Crippen LogP contribution in [0.15, 0.2) is 24.3 Å². The van der Waals surface area contributed by atoms with E-state index in [1.807, 2.05) is 53.7 Å². The fourth-order valence-corrected chi connectivity index (χ4v) is 5.06. The molecule has 0 aliphatic carbocycles. The minimum absolute atomic E-state index is 0.138. The van der Waals surface area contributed by atoms with E-state index in [1.54, 1.807) is 19.1 Å². The van der Waals surface area contributed by atoms with Gasteiger partial charge in [0.05, 0.1) is 12.1 Å². The normalized spacial score (nSPS) is 14.8. The van der Waals surface area contributed by atoms with Crippen LogP contribution in [0, 0.1) is 5.92 Å². The van der Waals surface area contributed by atoms with Gasteiger partial charge in [-0.1, -0.05) is 44.7 Å². The van der Waals surface area contributed by atoms with Gasteiger partial charge in [0, 0.05) is 6.42 Å². The van der Waals surface area contributed by atoms with Gasteiger partial charge in [-0.15, -0.1) is 0 Å². The lowest BCUT2D eigenvalue weighted by Crippen LogP contribution is -2.58. The summed E-state index contributed by atoms with van der Waals surface area (Å²) in [4.78, 5) is 64.9. The molecule has 0 heterocycles. The van der Waals surface area contributed by atoms with E-state index in [0.29, 0.717) is 37.3 Å². The van der Waals surface area contributed by atoms with Crippen LogP contribution in [0.1, 0.15) is 86.6 Å². The Morgan fingerprint density at radius 3 is 1.91 bits per heavy atom. The molecule has 260 valence electrons. The molecule has 0 saturated carbocycles. The van der Waals surface area contributed by atoms with E-state index in [1.165, 1.54) is 6.92 Å². The van der Waals surface area contributed by atoms with Crippen LogP contribution in [0.3, 0.4) is 0 Å². The minimum Gasteiger partial charge on any atom is -0.488 e. The van der Waals surface area contributed by atoms with Crippen molar-refractivity contribution in [2.75, 3.05) is 12.3 Å². The lowest BCUT2D eigenvalue weighted by atomic mass is 10.0. The van der Waals surface area contributed by atoms with E-state index in [2.05, 4.69) is 21.3 Å². The van der Waals surface area contributed by atoms with Crippen LogP contribution < -0.4 is 37.5 Å². The molecular weight excluding hydrogens is 608 g/mol. The van der Waals surface area contributed by atoms with E-state index in [4.69, 9.17) is 16.2 Å². The van der Waals surface area contributed by atoms with Crippen molar-refractivity contribution in [1.29, 1.82) is 0 Å². The minimum atomic E-state index is -1.03. The topological polar surface area (TPSA) is 195 Å². The molecule has 0 bridgehead atoms. The second-order valence-corrected chi connectivity index (χ2v) is 14.2. The summed E-state index contributed by atoms with van der Waals surface area (Å²) in [7, 11) is 0. The molecule has 0 fully saturated rings. The Morgan fingerprint density at radius 1 is 0.804 bits per heavy atom. The van der Waals surface area contributed by atoms with E-state index in [9.17, 15) is 24.0 Å². The first-order valence-corrected chi connectivity index (χ1v) is 17.1. The van der Waals surface area contributed by atoms with E-state index in [-0.39, 0.29) is 29.5 Å². The molecule has 0 aliphatic heterocycles. The molecule has 0 aliphatic rings. The number of carbonyl (C=O) groups is 5. The molecule has 1 aromatic carbocycles. The smallest absolute Gasteiger partial charge is 0.243 e. The molecule has 4 amide bonds. The predicted octanol–water partition coefficient (Wildman–Crippen LogP) is 2.17. The number of thioether (sulfide) groups is 1. The van der Waals surface area contributed by atoms with E-state index >= 15 is 0 Å². The maximum absolute atomic E-state index is 13.7. The maximum atomic E-state index is 13.7. The van der Waals surface area contributed by atoms with Crippen LogP contribution in [0.4, 0.5) is 0 Å². The molecular formula is C33H56N6O6S. The van der Waals surface area contributed by atoms with Crippen molar-refractivity contribution in [1.82, 2.24) is 21.3 Å². The van der Waals surface area contributed by atoms with Gasteiger partial charge in [-0.05, 0) is 96.2 Å². The van der Waals surface area contributed by atoms with Gasteiger partial charge < -0.3 is 37.5 Å². The Balaban J connectivity index is 3.16. The number of amides is 4. The highest BCUT2D eigenvalue weighted by Gasteiger charge is 2.30. The third-order valence-corrected chi connectivity index (χ3v) is 7.74. The molecule has 8 N–H and O–H groups in total. The summed E-state index contributed by atoms with van der Waals surface area (Å²) in [6, 6.07) is 2.68. The Bertz CT molecular complexity index is 1140. The zero-order valence-electron chi connectivity index (χ0n) is 28.7. The average molecular weight is 665 g/mol. The number of benzene rings is 1. The molecule has 12 nitrogen and oxygen atoms in total. The number of nitrogens with two attached hydrogens (primary N) is 2. The van der Waals surface area contributed by atoms with E-state index < -0.39 is 53.8 Å². The molecule has 13 heteroatoms. The molecule has 1 aromatic rings. The van der Waals surface area contributed by atoms with Crippen molar-refractivity contribution >= 4 is 40.5 Å². The predicted molar refractivity (Wildman–Crippen MR) is 183 cm³/mol. The number of rotatable bonds is 19. The molecule has 0 saturated heterocycles. The van der Waals surface area contributed by atoms with Gasteiger partial charge in [0.1, 0.15) is 29.5 Å². The monoisotopic (exact) mass is 664 g/mol. The summed E-state index contributed by atoms with van der Waals surface area (Å²) in [5, 5.41) is 10.6. The van der Waals surface area contributed by atoms with Crippen LogP contribution in [-0.2, 0) is 30.4 Å². The van der Waals surface area contributed by atoms with Gasteiger partial charge in [-0.25, -0.2) is 0 Å². The van der Waals surface area contributed by atoms with Crippen molar-refractivity contribution < 1.29 is 28.7 Å². The summed E-state index contributed by atoms with van der Waals surface area (Å²) >= 11 is 1.10. The Morgan fingerprint density at radius 2 is 1.37 bits per heavy atom. The molecule has 46 heavy (non-hydrogen) atoms. The van der Waals surface area contributed by atoms with Crippen molar-refractivity contribution in [3.8, 4) is 5.75 Å². The fourth-order valence-electron chi connectivity index (χ4n) is 4.46. The quantitative estimate of drug-likeness (QED) is 0.120. The van der Waals surface area contributed by atoms with Crippen LogP contribution >= 0.6 is 11.8 Å². The Labute approximate surface area is 278 Å². The number of ether oxygens (including phenoxy) is 1. The first-order valence-electron chi connectivity index (χ1n) is 16.1. The first-order chi connectivity index (χ1) is 21.5. The molecule has 5 atom stereocenters. The van der Waals surface area contributed by atoms with Crippen molar-refractivity contribution in [2.45, 2.75) is 123 Å². The number of carbonyl (C=O) groups excluding carboxylic acids is 5. The van der Waals surface area contributed by atoms with Gasteiger partial charge in [0.25, 0.3) is 0 Å². The summed E-state index contributed by atoms with van der Waals surface area (Å²) in [6.45, 7) is 15.1. The van der Waals surface area contributed by atoms with Gasteiger partial charge in [0.2, 0.25) is 28.7 Å². The lowest BCUT2D eigenvalue weighted by Gasteiger charge is -2.26. The third-order valence-electron chi connectivity index (χ3n) is 6.81. The standard InChI is InChI=1S/C33H56N6O6S/c1-9-46-32(44)22(5)37-28(40)21(4)36-30(42)26(12-10-11-17-34)38-31(43)27(39-29(41)25(35)18-20(2)3)19-23-13-15-24(16-14-23)45-33(6,7)8/h13-16,20-22,25-27H,9-12,17-19,34-35H2,1-8H3,(H,36,42)(H,37,40)(H,38,43)(H,39,41)/t21-,22-,25-,26-,27-/m0/s1. The molecule has 1 rings (SSSR count). The highest BCUT2D eigenvalue weighted by molar-refractivity contribution is 8.13. The highest BCUT2D eigenvalue weighted by atomic mass is 32.2. The van der Waals surface area contributed by atoms with E-state index in [0.717, 1.165) is 17.3 Å². The maximum Gasteiger partial charge on any atom is 0.243 e. The lowest BCUT2D eigenvalue weighted by molar-refractivity contribution is -0.134. The molecule has 0 aromatic heterocycles. The van der Waals surface area contributed by atoms with Crippen LogP contribution in [0.5, 0.6) is 5.75 Å². The molecule has 0 unspecified atom stereocenters. The fraction of sp³-hybridized carbons (Fsp3) is 0.667. The number of nitrogens with one attached hydrogen (secondary N) is 4. The SMILES string of the molecule is CCSC(=O)[C@H](C)NC(=O)[C@H](C)NC(=O)[C@H](CCCCN)NC(=O)[C@H](Cc1ccc(OC(C)(C)C)cc1)NC(=O)[C@@H](N)CC(C)C. The van der Waals surface area contributed by atoms with Gasteiger partial charge >= 0.3 is 0 Å². The zero-order chi connectivity index (χ0) is 35.0. The van der Waals surface area contributed by atoms with Crippen molar-refractivity contribution in [3.63, 3.8) is 0 Å². The zero-order valence-corrected chi connectivity index (χ0v) is 29.6. The molecule has 0 spiro atoms. The van der Waals surface area contributed by atoms with Crippen LogP contribution in [-0.4, -0.2) is 76.9 Å². The van der Waals surface area contributed by atoms with Gasteiger partial charge in [-0.2, -0.15) is 0 Å². The second-order valence-electron chi connectivity index (χ2n) is 12.9.